The molecule has 1 aliphatic carbocycles. The Hall–Kier alpha value is -1.98. The van der Waals surface area contributed by atoms with Crippen LogP contribution in [0.15, 0.2) is 27.8 Å². The molecule has 1 saturated carbocycles. The third kappa shape index (κ3) is 6.57. The highest BCUT2D eigenvalue weighted by Crippen LogP contribution is 2.24. The van der Waals surface area contributed by atoms with Gasteiger partial charge in [0.1, 0.15) is 5.76 Å². The molecule has 6 nitrogen and oxygen atoms in total. The van der Waals surface area contributed by atoms with Gasteiger partial charge in [-0.2, -0.15) is 0 Å². The van der Waals surface area contributed by atoms with Crippen LogP contribution in [0.2, 0.25) is 0 Å². The highest BCUT2D eigenvalue weighted by atomic mass is 16.3. The van der Waals surface area contributed by atoms with E-state index in [2.05, 4.69) is 15.5 Å². The average molecular weight is 389 g/mol. The van der Waals surface area contributed by atoms with Crippen LogP contribution >= 0.6 is 0 Å². The maximum atomic E-state index is 11.7. The Balaban J connectivity index is 1.53. The summed E-state index contributed by atoms with van der Waals surface area (Å²) in [7, 11) is 1.72. The number of piperidine rings is 1. The molecular weight excluding hydrogens is 352 g/mol. The number of amides is 1. The molecule has 2 heterocycles. The van der Waals surface area contributed by atoms with Gasteiger partial charge in [-0.05, 0) is 49.7 Å². The van der Waals surface area contributed by atoms with Crippen molar-refractivity contribution >= 4 is 11.9 Å². The maximum absolute atomic E-state index is 11.7. The lowest BCUT2D eigenvalue weighted by atomic mass is 9.89. The van der Waals surface area contributed by atoms with Crippen LogP contribution in [0.3, 0.4) is 0 Å². The summed E-state index contributed by atoms with van der Waals surface area (Å²) in [6, 6.07) is 3.95. The van der Waals surface area contributed by atoms with Crippen molar-refractivity contribution in [3.05, 3.63) is 24.2 Å². The highest BCUT2D eigenvalue weighted by molar-refractivity contribution is 5.80. The minimum Gasteiger partial charge on any atom is -0.469 e. The maximum Gasteiger partial charge on any atom is 0.220 e. The van der Waals surface area contributed by atoms with E-state index < -0.39 is 0 Å². The molecule has 6 heteroatoms. The molecule has 28 heavy (non-hydrogen) atoms. The Labute approximate surface area is 169 Å². The molecule has 3 rings (SSSR count). The van der Waals surface area contributed by atoms with E-state index in [4.69, 9.17) is 9.41 Å². The van der Waals surface area contributed by atoms with Gasteiger partial charge in [0.05, 0.1) is 6.26 Å². The normalized spacial score (nSPS) is 19.6. The minimum absolute atomic E-state index is 0.154. The minimum atomic E-state index is 0.154. The Kier molecular flexibility index (Phi) is 8.24. The lowest BCUT2D eigenvalue weighted by Crippen LogP contribution is -2.46. The average Bonchev–Trinajstić information content (AvgIpc) is 3.25. The smallest absolute Gasteiger partial charge is 0.220 e. The lowest BCUT2D eigenvalue weighted by molar-refractivity contribution is -0.121. The number of guanidine groups is 1. The molecule has 2 aliphatic rings. The van der Waals surface area contributed by atoms with Crippen LogP contribution in [0.5, 0.6) is 0 Å². The second-order valence-electron chi connectivity index (χ2n) is 8.23. The van der Waals surface area contributed by atoms with Crippen molar-refractivity contribution in [2.24, 2.45) is 16.8 Å². The largest absolute Gasteiger partial charge is 0.469 e. The van der Waals surface area contributed by atoms with Crippen molar-refractivity contribution in [2.45, 2.75) is 57.8 Å². The standard InChI is InChI=1S/C22H36N4O2/c1-23-21(27)16-18-10-13-26(14-11-18)22(24-12-9-20-8-5-15-28-20)25-17-19-6-3-2-4-7-19/h5,8,15,18-19H,2-4,6-7,9-14,16-17H2,1H3,(H,23,27)(H,24,25). The van der Waals surface area contributed by atoms with Crippen molar-refractivity contribution in [3.8, 4) is 0 Å². The second-order valence-corrected chi connectivity index (χ2v) is 8.23. The zero-order chi connectivity index (χ0) is 19.6. The van der Waals surface area contributed by atoms with Crippen LogP contribution in [0.1, 0.15) is 57.1 Å². The fourth-order valence-electron chi connectivity index (χ4n) is 4.32. The zero-order valence-electron chi connectivity index (χ0n) is 17.3. The molecule has 156 valence electrons. The number of likely N-dealkylation sites (tertiary alicyclic amines) is 1. The Bertz CT molecular complexity index is 600. The van der Waals surface area contributed by atoms with Crippen LogP contribution in [-0.4, -0.2) is 50.0 Å². The first-order chi connectivity index (χ1) is 13.7. The Morgan fingerprint density at radius 2 is 1.96 bits per heavy atom. The first kappa shape index (κ1) is 20.7. The molecule has 1 aromatic rings. The quantitative estimate of drug-likeness (QED) is 0.556. The number of aliphatic imine (C=N–C) groups is 1. The summed E-state index contributed by atoms with van der Waals surface area (Å²) >= 11 is 0. The molecule has 2 fully saturated rings. The lowest BCUT2D eigenvalue weighted by Gasteiger charge is -2.34. The molecule has 0 atom stereocenters. The highest BCUT2D eigenvalue weighted by Gasteiger charge is 2.23. The number of nitrogens with zero attached hydrogens (tertiary/aromatic N) is 2. The van der Waals surface area contributed by atoms with Gasteiger partial charge in [-0.25, -0.2) is 0 Å². The number of furan rings is 1. The number of carbonyl (C=O) groups is 1. The third-order valence-electron chi connectivity index (χ3n) is 6.13. The Morgan fingerprint density at radius 1 is 1.18 bits per heavy atom. The van der Waals surface area contributed by atoms with E-state index in [1.807, 2.05) is 12.1 Å². The van der Waals surface area contributed by atoms with E-state index in [-0.39, 0.29) is 5.91 Å². The van der Waals surface area contributed by atoms with E-state index >= 15 is 0 Å². The predicted octanol–water partition coefficient (Wildman–Crippen LogP) is 3.20. The topological polar surface area (TPSA) is 69.9 Å². The zero-order valence-corrected chi connectivity index (χ0v) is 17.3. The molecule has 0 spiro atoms. The second kappa shape index (κ2) is 11.1. The SMILES string of the molecule is CNC(=O)CC1CCN(C(=NCC2CCCCC2)NCCc2ccco2)CC1. The number of rotatable bonds is 7. The fourth-order valence-corrected chi connectivity index (χ4v) is 4.32. The monoisotopic (exact) mass is 388 g/mol. The summed E-state index contributed by atoms with van der Waals surface area (Å²) in [4.78, 5) is 19.1. The van der Waals surface area contributed by atoms with Gasteiger partial charge in [0, 0.05) is 46.1 Å². The summed E-state index contributed by atoms with van der Waals surface area (Å²) in [5.41, 5.74) is 0. The molecule has 1 aliphatic heterocycles. The first-order valence-corrected chi connectivity index (χ1v) is 11.0. The van der Waals surface area contributed by atoms with Crippen LogP contribution in [0.25, 0.3) is 0 Å². The molecule has 0 radical (unpaired) electrons. The van der Waals surface area contributed by atoms with E-state index in [1.54, 1.807) is 13.3 Å². The van der Waals surface area contributed by atoms with Gasteiger partial charge in [0.25, 0.3) is 0 Å². The molecule has 0 unspecified atom stereocenters. The molecule has 1 aromatic heterocycles. The molecular formula is C22H36N4O2. The van der Waals surface area contributed by atoms with Gasteiger partial charge in [-0.1, -0.05) is 19.3 Å². The molecule has 1 saturated heterocycles. The van der Waals surface area contributed by atoms with E-state index in [0.717, 1.165) is 63.1 Å². The third-order valence-corrected chi connectivity index (χ3v) is 6.13. The van der Waals surface area contributed by atoms with Crippen molar-refractivity contribution in [3.63, 3.8) is 0 Å². The van der Waals surface area contributed by atoms with Gasteiger partial charge in [-0.3, -0.25) is 9.79 Å². The molecule has 0 bridgehead atoms. The summed E-state index contributed by atoms with van der Waals surface area (Å²) in [5, 5.41) is 6.32. The van der Waals surface area contributed by atoms with E-state index in [0.29, 0.717) is 12.3 Å². The Morgan fingerprint density at radius 3 is 2.64 bits per heavy atom. The van der Waals surface area contributed by atoms with Crippen molar-refractivity contribution in [1.29, 1.82) is 0 Å². The van der Waals surface area contributed by atoms with E-state index in [9.17, 15) is 4.79 Å². The number of carbonyl (C=O) groups excluding carboxylic acids is 1. The number of hydrogen-bond donors (Lipinski definition) is 2. The van der Waals surface area contributed by atoms with Gasteiger partial charge in [-0.15, -0.1) is 0 Å². The van der Waals surface area contributed by atoms with Gasteiger partial charge in [0.15, 0.2) is 5.96 Å². The van der Waals surface area contributed by atoms with Gasteiger partial charge >= 0.3 is 0 Å². The fraction of sp³-hybridized carbons (Fsp3) is 0.727. The summed E-state index contributed by atoms with van der Waals surface area (Å²) < 4.78 is 5.45. The van der Waals surface area contributed by atoms with Crippen LogP contribution in [-0.2, 0) is 11.2 Å². The van der Waals surface area contributed by atoms with Crippen LogP contribution in [0.4, 0.5) is 0 Å². The van der Waals surface area contributed by atoms with Crippen molar-refractivity contribution in [2.75, 3.05) is 33.2 Å². The van der Waals surface area contributed by atoms with Crippen molar-refractivity contribution in [1.82, 2.24) is 15.5 Å². The van der Waals surface area contributed by atoms with Gasteiger partial charge < -0.3 is 20.0 Å². The summed E-state index contributed by atoms with van der Waals surface area (Å²) in [6.45, 7) is 3.70. The van der Waals surface area contributed by atoms with Crippen molar-refractivity contribution < 1.29 is 9.21 Å². The molecule has 2 N–H and O–H groups in total. The van der Waals surface area contributed by atoms with Crippen LogP contribution in [0, 0.1) is 11.8 Å². The number of nitrogens with one attached hydrogen (secondary N) is 2. The van der Waals surface area contributed by atoms with E-state index in [1.165, 1.54) is 32.1 Å². The summed E-state index contributed by atoms with van der Waals surface area (Å²) in [6.07, 6.45) is 12.1. The predicted molar refractivity (Wildman–Crippen MR) is 112 cm³/mol. The molecule has 0 aromatic carbocycles. The molecule has 1 amide bonds. The number of hydrogen-bond acceptors (Lipinski definition) is 3. The summed E-state index contributed by atoms with van der Waals surface area (Å²) in [5.74, 6) is 3.42. The van der Waals surface area contributed by atoms with Gasteiger partial charge in [0.2, 0.25) is 5.91 Å². The first-order valence-electron chi connectivity index (χ1n) is 11.0. The van der Waals surface area contributed by atoms with Crippen LogP contribution < -0.4 is 10.6 Å².